The molecule has 1 aromatic heterocycles. The van der Waals surface area contributed by atoms with E-state index in [2.05, 4.69) is 15.7 Å². The van der Waals surface area contributed by atoms with Gasteiger partial charge < -0.3 is 15.4 Å². The van der Waals surface area contributed by atoms with Crippen LogP contribution in [0.2, 0.25) is 0 Å². The molecule has 1 amide bonds. The Morgan fingerprint density at radius 1 is 1.67 bits per heavy atom. The molecule has 1 atom stereocenters. The van der Waals surface area contributed by atoms with E-state index in [9.17, 15) is 4.79 Å². The summed E-state index contributed by atoms with van der Waals surface area (Å²) in [5, 5.41) is 10.3. The first-order valence-electron chi connectivity index (χ1n) is 6.35. The Morgan fingerprint density at radius 2 is 2.56 bits per heavy atom. The Hall–Kier alpha value is -1.40. The molecule has 1 aromatic rings. The summed E-state index contributed by atoms with van der Waals surface area (Å²) in [6.07, 6.45) is 6.65. The van der Waals surface area contributed by atoms with Crippen molar-refractivity contribution in [2.75, 3.05) is 25.6 Å². The highest BCUT2D eigenvalue weighted by atomic mass is 16.5. The summed E-state index contributed by atoms with van der Waals surface area (Å²) < 4.78 is 6.73. The maximum atomic E-state index is 12.0. The topological polar surface area (TPSA) is 68.2 Å². The predicted octanol–water partition coefficient (Wildman–Crippen LogP) is 0.610. The molecular weight excluding hydrogens is 232 g/mol. The summed E-state index contributed by atoms with van der Waals surface area (Å²) >= 11 is 0. The second-order valence-corrected chi connectivity index (χ2v) is 4.48. The minimum Gasteiger partial charge on any atom is -0.383 e. The third-order valence-corrected chi connectivity index (χ3v) is 3.05. The van der Waals surface area contributed by atoms with Gasteiger partial charge in [-0.25, -0.2) is 0 Å². The lowest BCUT2D eigenvalue weighted by atomic mass is 10.0. The molecule has 6 nitrogen and oxygen atoms in total. The van der Waals surface area contributed by atoms with E-state index >= 15 is 0 Å². The number of anilines is 1. The van der Waals surface area contributed by atoms with Gasteiger partial charge in [-0.3, -0.25) is 9.48 Å². The minimum absolute atomic E-state index is 0.0287. The molecule has 1 aliphatic rings. The normalized spacial score (nSPS) is 19.7. The Balaban J connectivity index is 1.84. The van der Waals surface area contributed by atoms with E-state index in [-0.39, 0.29) is 11.9 Å². The van der Waals surface area contributed by atoms with Crippen LogP contribution in [0.3, 0.4) is 0 Å². The van der Waals surface area contributed by atoms with Gasteiger partial charge in [-0.15, -0.1) is 0 Å². The molecule has 1 aliphatic heterocycles. The number of hydrogen-bond acceptors (Lipinski definition) is 4. The van der Waals surface area contributed by atoms with Crippen LogP contribution in [-0.2, 0) is 16.1 Å². The Bertz CT molecular complexity index is 385. The monoisotopic (exact) mass is 252 g/mol. The van der Waals surface area contributed by atoms with E-state index < -0.39 is 0 Å². The van der Waals surface area contributed by atoms with Gasteiger partial charge in [0.25, 0.3) is 0 Å². The van der Waals surface area contributed by atoms with Crippen LogP contribution >= 0.6 is 0 Å². The molecule has 0 spiro atoms. The molecule has 18 heavy (non-hydrogen) atoms. The number of methoxy groups -OCH3 is 1. The number of nitrogens with one attached hydrogen (secondary N) is 2. The number of piperidine rings is 1. The van der Waals surface area contributed by atoms with Crippen LogP contribution in [0.15, 0.2) is 12.4 Å². The molecule has 0 aromatic carbocycles. The Labute approximate surface area is 107 Å². The fraction of sp³-hybridized carbons (Fsp3) is 0.667. The maximum absolute atomic E-state index is 12.0. The van der Waals surface area contributed by atoms with Gasteiger partial charge in [0.05, 0.1) is 31.1 Å². The van der Waals surface area contributed by atoms with Crippen LogP contribution in [0.5, 0.6) is 0 Å². The fourth-order valence-corrected chi connectivity index (χ4v) is 2.04. The second-order valence-electron chi connectivity index (χ2n) is 4.48. The second kappa shape index (κ2) is 6.51. The van der Waals surface area contributed by atoms with Gasteiger partial charge in [0.2, 0.25) is 5.91 Å². The van der Waals surface area contributed by atoms with E-state index in [1.54, 1.807) is 18.0 Å². The number of carbonyl (C=O) groups is 1. The first kappa shape index (κ1) is 13.0. The van der Waals surface area contributed by atoms with E-state index in [1.165, 1.54) is 0 Å². The van der Waals surface area contributed by atoms with Gasteiger partial charge in [0.1, 0.15) is 0 Å². The molecule has 2 heterocycles. The molecule has 0 radical (unpaired) electrons. The third kappa shape index (κ3) is 3.54. The lowest BCUT2D eigenvalue weighted by molar-refractivity contribution is -0.118. The van der Waals surface area contributed by atoms with Crippen LogP contribution in [0.25, 0.3) is 0 Å². The lowest BCUT2D eigenvalue weighted by Crippen LogP contribution is -2.43. The quantitative estimate of drug-likeness (QED) is 0.805. The molecule has 0 saturated carbocycles. The predicted molar refractivity (Wildman–Crippen MR) is 68.4 cm³/mol. The van der Waals surface area contributed by atoms with Gasteiger partial charge in [-0.1, -0.05) is 6.42 Å². The van der Waals surface area contributed by atoms with Crippen molar-refractivity contribution in [1.82, 2.24) is 15.1 Å². The van der Waals surface area contributed by atoms with Crippen molar-refractivity contribution in [2.24, 2.45) is 0 Å². The summed E-state index contributed by atoms with van der Waals surface area (Å²) in [5.41, 5.74) is 0.739. The van der Waals surface area contributed by atoms with Crippen molar-refractivity contribution >= 4 is 11.6 Å². The zero-order valence-corrected chi connectivity index (χ0v) is 10.7. The Kier molecular flexibility index (Phi) is 4.72. The first-order chi connectivity index (χ1) is 8.79. The molecule has 2 N–H and O–H groups in total. The fourth-order valence-electron chi connectivity index (χ4n) is 2.04. The van der Waals surface area contributed by atoms with Crippen molar-refractivity contribution in [3.05, 3.63) is 12.4 Å². The molecule has 0 bridgehead atoms. The maximum Gasteiger partial charge on any atom is 0.241 e. The number of aromatic nitrogens is 2. The average molecular weight is 252 g/mol. The van der Waals surface area contributed by atoms with E-state index in [1.807, 2.05) is 6.20 Å². The van der Waals surface area contributed by atoms with Crippen molar-refractivity contribution in [1.29, 1.82) is 0 Å². The van der Waals surface area contributed by atoms with Crippen molar-refractivity contribution in [3.63, 3.8) is 0 Å². The van der Waals surface area contributed by atoms with Crippen LogP contribution in [0, 0.1) is 0 Å². The molecular formula is C12H20N4O2. The molecule has 0 aliphatic carbocycles. The van der Waals surface area contributed by atoms with Crippen molar-refractivity contribution in [2.45, 2.75) is 31.8 Å². The highest BCUT2D eigenvalue weighted by molar-refractivity contribution is 5.94. The van der Waals surface area contributed by atoms with Crippen LogP contribution in [0.4, 0.5) is 5.69 Å². The van der Waals surface area contributed by atoms with Gasteiger partial charge in [0, 0.05) is 13.3 Å². The van der Waals surface area contributed by atoms with Gasteiger partial charge in [-0.05, 0) is 19.4 Å². The highest BCUT2D eigenvalue weighted by Crippen LogP contribution is 2.10. The van der Waals surface area contributed by atoms with Gasteiger partial charge in [0.15, 0.2) is 0 Å². The van der Waals surface area contributed by atoms with Crippen molar-refractivity contribution in [3.8, 4) is 0 Å². The first-order valence-corrected chi connectivity index (χ1v) is 6.35. The van der Waals surface area contributed by atoms with Crippen LogP contribution in [-0.4, -0.2) is 42.0 Å². The number of nitrogens with zero attached hydrogens (tertiary/aromatic N) is 2. The zero-order valence-electron chi connectivity index (χ0n) is 10.7. The Morgan fingerprint density at radius 3 is 3.28 bits per heavy atom. The standard InChI is InChI=1S/C12H20N4O2/c1-18-7-6-16-9-10(8-14-16)15-12(17)11-4-2-3-5-13-11/h8-9,11,13H,2-7H2,1H3,(H,15,17). The smallest absolute Gasteiger partial charge is 0.241 e. The summed E-state index contributed by atoms with van der Waals surface area (Å²) in [5.74, 6) is 0.0287. The highest BCUT2D eigenvalue weighted by Gasteiger charge is 2.20. The summed E-state index contributed by atoms with van der Waals surface area (Å²) in [6, 6.07) is -0.0684. The molecule has 1 saturated heterocycles. The van der Waals surface area contributed by atoms with E-state index in [0.29, 0.717) is 13.2 Å². The summed E-state index contributed by atoms with van der Waals surface area (Å²) in [4.78, 5) is 12.0. The number of amides is 1. The minimum atomic E-state index is -0.0684. The van der Waals surface area contributed by atoms with E-state index in [0.717, 1.165) is 31.5 Å². The molecule has 1 fully saturated rings. The van der Waals surface area contributed by atoms with Crippen LogP contribution < -0.4 is 10.6 Å². The molecule has 100 valence electrons. The van der Waals surface area contributed by atoms with Crippen molar-refractivity contribution < 1.29 is 9.53 Å². The SMILES string of the molecule is COCCn1cc(NC(=O)C2CCCCN2)cn1. The largest absolute Gasteiger partial charge is 0.383 e. The van der Waals surface area contributed by atoms with E-state index in [4.69, 9.17) is 4.74 Å². The average Bonchev–Trinajstić information content (AvgIpc) is 2.85. The lowest BCUT2D eigenvalue weighted by Gasteiger charge is -2.22. The molecule has 6 heteroatoms. The number of rotatable bonds is 5. The van der Waals surface area contributed by atoms with Gasteiger partial charge in [-0.2, -0.15) is 5.10 Å². The van der Waals surface area contributed by atoms with Gasteiger partial charge >= 0.3 is 0 Å². The third-order valence-electron chi connectivity index (χ3n) is 3.05. The molecule has 2 rings (SSSR count). The number of carbonyl (C=O) groups excluding carboxylic acids is 1. The zero-order chi connectivity index (χ0) is 12.8. The molecule has 1 unspecified atom stereocenters. The summed E-state index contributed by atoms with van der Waals surface area (Å²) in [6.45, 7) is 2.22. The summed E-state index contributed by atoms with van der Waals surface area (Å²) in [7, 11) is 1.65. The number of ether oxygens (including phenoxy) is 1. The number of hydrogen-bond donors (Lipinski definition) is 2. The van der Waals surface area contributed by atoms with Crippen LogP contribution in [0.1, 0.15) is 19.3 Å².